The molecule has 1 atom stereocenters. The zero-order valence-corrected chi connectivity index (χ0v) is 9.44. The lowest BCUT2D eigenvalue weighted by Gasteiger charge is -2.10. The summed E-state index contributed by atoms with van der Waals surface area (Å²) in [6, 6.07) is 9.56. The fraction of sp³-hybridized carbons (Fsp3) is 0.417. The van der Waals surface area contributed by atoms with E-state index >= 15 is 0 Å². The predicted molar refractivity (Wildman–Crippen MR) is 64.2 cm³/mol. The Kier molecular flexibility index (Phi) is 5.36. The molecule has 1 aromatic carbocycles. The van der Waals surface area contributed by atoms with Crippen molar-refractivity contribution in [2.75, 3.05) is 25.0 Å². The van der Waals surface area contributed by atoms with Crippen molar-refractivity contribution >= 4 is 11.6 Å². The van der Waals surface area contributed by atoms with Gasteiger partial charge in [0.25, 0.3) is 0 Å². The van der Waals surface area contributed by atoms with Gasteiger partial charge >= 0.3 is 0 Å². The van der Waals surface area contributed by atoms with Crippen LogP contribution in [0.15, 0.2) is 30.3 Å². The van der Waals surface area contributed by atoms with E-state index in [-0.39, 0.29) is 25.0 Å². The van der Waals surface area contributed by atoms with Gasteiger partial charge in [-0.1, -0.05) is 25.1 Å². The number of aliphatic hydroxyl groups excluding tert-OH is 1. The number of aliphatic hydroxyl groups is 1. The summed E-state index contributed by atoms with van der Waals surface area (Å²) in [6.45, 7) is 2.73. The monoisotopic (exact) mass is 222 g/mol. The summed E-state index contributed by atoms with van der Waals surface area (Å²) in [6.07, 6.45) is 0. The molecule has 0 radical (unpaired) electrons. The van der Waals surface area contributed by atoms with Crippen LogP contribution < -0.4 is 10.6 Å². The van der Waals surface area contributed by atoms with Crippen molar-refractivity contribution in [1.82, 2.24) is 5.32 Å². The average Bonchev–Trinajstić information content (AvgIpc) is 2.34. The van der Waals surface area contributed by atoms with E-state index in [0.29, 0.717) is 6.54 Å². The van der Waals surface area contributed by atoms with Crippen LogP contribution in [0.3, 0.4) is 0 Å². The molecule has 0 fully saturated rings. The fourth-order valence-corrected chi connectivity index (χ4v) is 1.15. The zero-order chi connectivity index (χ0) is 11.8. The quantitative estimate of drug-likeness (QED) is 0.668. The second kappa shape index (κ2) is 6.85. The Bertz CT molecular complexity index is 314. The fourth-order valence-electron chi connectivity index (χ4n) is 1.15. The highest BCUT2D eigenvalue weighted by atomic mass is 16.3. The molecule has 88 valence electrons. The third kappa shape index (κ3) is 4.79. The van der Waals surface area contributed by atoms with E-state index in [2.05, 4.69) is 10.6 Å². The summed E-state index contributed by atoms with van der Waals surface area (Å²) in [5.41, 5.74) is 0.924. The molecule has 4 heteroatoms. The normalized spacial score (nSPS) is 11.9. The van der Waals surface area contributed by atoms with Gasteiger partial charge in [0, 0.05) is 18.8 Å². The Balaban J connectivity index is 2.20. The van der Waals surface area contributed by atoms with Gasteiger partial charge in [0.15, 0.2) is 0 Å². The van der Waals surface area contributed by atoms with Crippen LogP contribution in [-0.2, 0) is 4.79 Å². The maximum atomic E-state index is 11.4. The van der Waals surface area contributed by atoms with Crippen molar-refractivity contribution in [2.45, 2.75) is 6.92 Å². The SMILES string of the molecule is CC(CO)CNC(=O)CNc1ccccc1. The summed E-state index contributed by atoms with van der Waals surface area (Å²) in [4.78, 5) is 11.4. The molecule has 1 unspecified atom stereocenters. The van der Waals surface area contributed by atoms with Crippen LogP contribution in [0.1, 0.15) is 6.92 Å². The van der Waals surface area contributed by atoms with Gasteiger partial charge in [-0.2, -0.15) is 0 Å². The first-order valence-corrected chi connectivity index (χ1v) is 5.39. The van der Waals surface area contributed by atoms with Crippen molar-refractivity contribution in [3.05, 3.63) is 30.3 Å². The Labute approximate surface area is 95.7 Å². The van der Waals surface area contributed by atoms with E-state index in [1.54, 1.807) is 0 Å². The van der Waals surface area contributed by atoms with Gasteiger partial charge in [-0.25, -0.2) is 0 Å². The number of carbonyl (C=O) groups is 1. The Hall–Kier alpha value is -1.55. The van der Waals surface area contributed by atoms with Gasteiger partial charge in [-0.15, -0.1) is 0 Å². The molecule has 0 saturated carbocycles. The van der Waals surface area contributed by atoms with Crippen molar-refractivity contribution in [3.63, 3.8) is 0 Å². The molecule has 0 aliphatic rings. The molecule has 1 rings (SSSR count). The summed E-state index contributed by atoms with van der Waals surface area (Å²) in [5.74, 6) is 0.0322. The molecule has 16 heavy (non-hydrogen) atoms. The second-order valence-electron chi connectivity index (χ2n) is 3.81. The highest BCUT2D eigenvalue weighted by Gasteiger charge is 2.03. The largest absolute Gasteiger partial charge is 0.396 e. The summed E-state index contributed by atoms with van der Waals surface area (Å²) >= 11 is 0. The highest BCUT2D eigenvalue weighted by Crippen LogP contribution is 2.03. The van der Waals surface area contributed by atoms with Gasteiger partial charge in [0.05, 0.1) is 6.54 Å². The van der Waals surface area contributed by atoms with Gasteiger partial charge < -0.3 is 15.7 Å². The van der Waals surface area contributed by atoms with Gasteiger partial charge in [-0.3, -0.25) is 4.79 Å². The standard InChI is InChI=1S/C12H18N2O2/c1-10(9-15)7-14-12(16)8-13-11-5-3-2-4-6-11/h2-6,10,13,15H,7-9H2,1H3,(H,14,16). The van der Waals surface area contributed by atoms with Gasteiger partial charge in [0.1, 0.15) is 0 Å². The minimum Gasteiger partial charge on any atom is -0.396 e. The second-order valence-corrected chi connectivity index (χ2v) is 3.81. The molecule has 0 spiro atoms. The van der Waals surface area contributed by atoms with Crippen LogP contribution in [0.25, 0.3) is 0 Å². The minimum atomic E-state index is -0.0656. The number of hydrogen-bond donors (Lipinski definition) is 3. The molecule has 1 aromatic rings. The van der Waals surface area contributed by atoms with E-state index in [1.165, 1.54) is 0 Å². The molecule has 0 aliphatic carbocycles. The first kappa shape index (κ1) is 12.5. The summed E-state index contributed by atoms with van der Waals surface area (Å²) in [7, 11) is 0. The highest BCUT2D eigenvalue weighted by molar-refractivity contribution is 5.80. The number of hydrogen-bond acceptors (Lipinski definition) is 3. The van der Waals surface area contributed by atoms with Gasteiger partial charge in [0.2, 0.25) is 5.91 Å². The van der Waals surface area contributed by atoms with E-state index in [9.17, 15) is 4.79 Å². The third-order valence-corrected chi connectivity index (χ3v) is 2.19. The molecule has 0 bridgehead atoms. The molecule has 0 saturated heterocycles. The topological polar surface area (TPSA) is 61.4 Å². The van der Waals surface area contributed by atoms with E-state index in [4.69, 9.17) is 5.11 Å². The van der Waals surface area contributed by atoms with Crippen molar-refractivity contribution in [2.24, 2.45) is 5.92 Å². The first-order chi connectivity index (χ1) is 7.72. The lowest BCUT2D eigenvalue weighted by Crippen LogP contribution is -2.33. The van der Waals surface area contributed by atoms with Crippen LogP contribution in [0.5, 0.6) is 0 Å². The van der Waals surface area contributed by atoms with Gasteiger partial charge in [-0.05, 0) is 18.1 Å². The van der Waals surface area contributed by atoms with Crippen LogP contribution >= 0.6 is 0 Å². The van der Waals surface area contributed by atoms with E-state index in [1.807, 2.05) is 37.3 Å². The van der Waals surface area contributed by atoms with Crippen LogP contribution in [0, 0.1) is 5.92 Å². The number of para-hydroxylation sites is 1. The molecule has 0 aliphatic heterocycles. The Morgan fingerprint density at radius 2 is 2.06 bits per heavy atom. The molecular formula is C12H18N2O2. The number of nitrogens with one attached hydrogen (secondary N) is 2. The number of benzene rings is 1. The minimum absolute atomic E-state index is 0.0656. The van der Waals surface area contributed by atoms with Crippen LogP contribution in [0.2, 0.25) is 0 Å². The summed E-state index contributed by atoms with van der Waals surface area (Å²) in [5, 5.41) is 14.5. The van der Waals surface area contributed by atoms with Crippen molar-refractivity contribution in [1.29, 1.82) is 0 Å². The Morgan fingerprint density at radius 1 is 1.38 bits per heavy atom. The number of carbonyl (C=O) groups excluding carboxylic acids is 1. The molecule has 1 amide bonds. The van der Waals surface area contributed by atoms with E-state index < -0.39 is 0 Å². The predicted octanol–water partition coefficient (Wildman–Crippen LogP) is 0.843. The number of rotatable bonds is 6. The first-order valence-electron chi connectivity index (χ1n) is 5.39. The zero-order valence-electron chi connectivity index (χ0n) is 9.44. The molecule has 0 heterocycles. The molecule has 0 aromatic heterocycles. The maximum absolute atomic E-state index is 11.4. The molecule has 3 N–H and O–H groups in total. The third-order valence-electron chi connectivity index (χ3n) is 2.19. The van der Waals surface area contributed by atoms with Crippen LogP contribution in [0.4, 0.5) is 5.69 Å². The lowest BCUT2D eigenvalue weighted by atomic mass is 10.2. The van der Waals surface area contributed by atoms with Crippen LogP contribution in [-0.4, -0.2) is 30.7 Å². The molecular weight excluding hydrogens is 204 g/mol. The van der Waals surface area contributed by atoms with Crippen molar-refractivity contribution < 1.29 is 9.90 Å². The van der Waals surface area contributed by atoms with Crippen molar-refractivity contribution in [3.8, 4) is 0 Å². The number of anilines is 1. The molecule has 4 nitrogen and oxygen atoms in total. The lowest BCUT2D eigenvalue weighted by molar-refractivity contribution is -0.119. The summed E-state index contributed by atoms with van der Waals surface area (Å²) < 4.78 is 0. The number of amides is 1. The smallest absolute Gasteiger partial charge is 0.239 e. The van der Waals surface area contributed by atoms with E-state index in [0.717, 1.165) is 5.69 Å². The Morgan fingerprint density at radius 3 is 2.69 bits per heavy atom. The maximum Gasteiger partial charge on any atom is 0.239 e. The average molecular weight is 222 g/mol.